The van der Waals surface area contributed by atoms with Gasteiger partial charge >= 0.3 is 6.03 Å². The number of amides is 2. The van der Waals surface area contributed by atoms with Gasteiger partial charge in [0, 0.05) is 18.7 Å². The van der Waals surface area contributed by atoms with Crippen molar-refractivity contribution in [2.75, 3.05) is 25.0 Å². The summed E-state index contributed by atoms with van der Waals surface area (Å²) in [5.74, 6) is 0.922. The minimum Gasteiger partial charge on any atom is -0.493 e. The number of nitrogens with zero attached hydrogens (tertiary/aromatic N) is 1. The lowest BCUT2D eigenvalue weighted by molar-refractivity contribution is -0.0640. The van der Waals surface area contributed by atoms with E-state index in [1.54, 1.807) is 11.3 Å². The smallest absolute Gasteiger partial charge is 0.322 e. The molecule has 126 valence electrons. The lowest BCUT2D eigenvalue weighted by Crippen LogP contribution is -2.47. The lowest BCUT2D eigenvalue weighted by atomic mass is 10.1. The van der Waals surface area contributed by atoms with Gasteiger partial charge in [0.05, 0.1) is 19.3 Å². The van der Waals surface area contributed by atoms with Crippen LogP contribution in [0.1, 0.15) is 24.2 Å². The van der Waals surface area contributed by atoms with Gasteiger partial charge in [0.1, 0.15) is 11.9 Å². The fourth-order valence-corrected chi connectivity index (χ4v) is 3.93. The summed E-state index contributed by atoms with van der Waals surface area (Å²) < 4.78 is 11.5. The second-order valence-corrected chi connectivity index (χ2v) is 7.03. The molecule has 2 aromatic rings. The number of carbonyl (C=O) groups is 1. The first-order valence-electron chi connectivity index (χ1n) is 8.18. The summed E-state index contributed by atoms with van der Waals surface area (Å²) in [4.78, 5) is 14.5. The van der Waals surface area contributed by atoms with Crippen molar-refractivity contribution < 1.29 is 14.3 Å². The van der Waals surface area contributed by atoms with E-state index in [0.717, 1.165) is 35.6 Å². The van der Waals surface area contributed by atoms with Gasteiger partial charge in [-0.15, -0.1) is 0 Å². The molecule has 5 nitrogen and oxygen atoms in total. The number of carbonyl (C=O) groups excluding carboxylic acids is 1. The standard InChI is InChI=1S/C18H20N2O3S/c1-12-9-20(10-17(23-12)14-5-7-24-11-14)18(21)19-15-2-3-16-13(8-15)4-6-22-16/h2-3,5,7-8,11-12,17H,4,6,9-10H2,1H3,(H,19,21)/t12-,17-/m1/s1. The van der Waals surface area contributed by atoms with Crippen LogP contribution in [0.25, 0.3) is 0 Å². The summed E-state index contributed by atoms with van der Waals surface area (Å²) >= 11 is 1.65. The molecule has 1 N–H and O–H groups in total. The Kier molecular flexibility index (Phi) is 4.16. The first-order valence-corrected chi connectivity index (χ1v) is 9.12. The number of rotatable bonds is 2. The second kappa shape index (κ2) is 6.45. The monoisotopic (exact) mass is 344 g/mol. The first-order chi connectivity index (χ1) is 11.7. The van der Waals surface area contributed by atoms with Crippen molar-refractivity contribution in [2.24, 2.45) is 0 Å². The maximum absolute atomic E-state index is 12.7. The minimum absolute atomic E-state index is 0.0165. The molecule has 2 aliphatic heterocycles. The van der Waals surface area contributed by atoms with Gasteiger partial charge in [-0.3, -0.25) is 0 Å². The third-order valence-electron chi connectivity index (χ3n) is 4.40. The molecule has 4 rings (SSSR count). The number of fused-ring (bicyclic) bond motifs is 1. The average Bonchev–Trinajstić information content (AvgIpc) is 3.25. The minimum atomic E-state index is -0.0794. The fraction of sp³-hybridized carbons (Fsp3) is 0.389. The highest BCUT2D eigenvalue weighted by atomic mass is 32.1. The Bertz CT molecular complexity index is 732. The Morgan fingerprint density at radius 2 is 2.25 bits per heavy atom. The highest BCUT2D eigenvalue weighted by Crippen LogP contribution is 2.29. The van der Waals surface area contributed by atoms with E-state index in [1.165, 1.54) is 0 Å². The maximum atomic E-state index is 12.7. The Labute approximate surface area is 145 Å². The molecule has 0 bridgehead atoms. The quantitative estimate of drug-likeness (QED) is 0.904. The van der Waals surface area contributed by atoms with Gasteiger partial charge in [0.2, 0.25) is 0 Å². The van der Waals surface area contributed by atoms with Crippen molar-refractivity contribution in [3.8, 4) is 5.75 Å². The predicted octanol–water partition coefficient (Wildman–Crippen LogP) is 3.68. The number of anilines is 1. The number of hydrogen-bond acceptors (Lipinski definition) is 4. The molecular formula is C18H20N2O3S. The third kappa shape index (κ3) is 3.12. The van der Waals surface area contributed by atoms with Crippen LogP contribution in [0.2, 0.25) is 0 Å². The number of thiophene rings is 1. The number of urea groups is 1. The van der Waals surface area contributed by atoms with Crippen molar-refractivity contribution in [1.29, 1.82) is 0 Å². The van der Waals surface area contributed by atoms with Crippen LogP contribution >= 0.6 is 11.3 Å². The Balaban J connectivity index is 1.45. The zero-order valence-corrected chi connectivity index (χ0v) is 14.3. The fourth-order valence-electron chi connectivity index (χ4n) is 3.23. The van der Waals surface area contributed by atoms with Gasteiger partial charge in [0.15, 0.2) is 0 Å². The van der Waals surface area contributed by atoms with Gasteiger partial charge in [-0.2, -0.15) is 11.3 Å². The summed E-state index contributed by atoms with van der Waals surface area (Å²) in [5.41, 5.74) is 3.11. The van der Waals surface area contributed by atoms with Crippen LogP contribution in [0, 0.1) is 0 Å². The van der Waals surface area contributed by atoms with Crippen LogP contribution in [0.5, 0.6) is 5.75 Å². The normalized spacial score (nSPS) is 22.8. The molecule has 0 radical (unpaired) electrons. The molecule has 0 spiro atoms. The summed E-state index contributed by atoms with van der Waals surface area (Å²) in [6.07, 6.45) is 0.857. The Hall–Kier alpha value is -2.05. The van der Waals surface area contributed by atoms with Gasteiger partial charge in [0.25, 0.3) is 0 Å². The van der Waals surface area contributed by atoms with E-state index in [0.29, 0.717) is 13.1 Å². The number of morpholine rings is 1. The molecule has 24 heavy (non-hydrogen) atoms. The van der Waals surface area contributed by atoms with Crippen LogP contribution in [0.15, 0.2) is 35.0 Å². The van der Waals surface area contributed by atoms with Gasteiger partial charge in [-0.25, -0.2) is 4.79 Å². The molecule has 0 unspecified atom stereocenters. The van der Waals surface area contributed by atoms with Crippen LogP contribution in [-0.4, -0.2) is 36.7 Å². The van der Waals surface area contributed by atoms with E-state index in [1.807, 2.05) is 35.4 Å². The van der Waals surface area contributed by atoms with E-state index in [-0.39, 0.29) is 18.2 Å². The number of hydrogen-bond donors (Lipinski definition) is 1. The molecule has 6 heteroatoms. The zero-order chi connectivity index (χ0) is 16.5. The molecule has 3 heterocycles. The van der Waals surface area contributed by atoms with Gasteiger partial charge in [-0.05, 0) is 53.1 Å². The SMILES string of the molecule is C[C@@H]1CN(C(=O)Nc2ccc3c(c2)CCO3)C[C@H](c2ccsc2)O1. The van der Waals surface area contributed by atoms with Crippen LogP contribution < -0.4 is 10.1 Å². The van der Waals surface area contributed by atoms with Crippen molar-refractivity contribution in [1.82, 2.24) is 4.90 Å². The maximum Gasteiger partial charge on any atom is 0.322 e. The molecule has 1 saturated heterocycles. The highest BCUT2D eigenvalue weighted by Gasteiger charge is 2.29. The molecule has 2 aliphatic rings. The summed E-state index contributed by atoms with van der Waals surface area (Å²) in [6.45, 7) is 3.89. The number of benzene rings is 1. The molecule has 1 aromatic carbocycles. The van der Waals surface area contributed by atoms with Gasteiger partial charge < -0.3 is 19.7 Å². The van der Waals surface area contributed by atoms with Crippen molar-refractivity contribution in [2.45, 2.75) is 25.6 Å². The Morgan fingerprint density at radius 3 is 3.08 bits per heavy atom. The van der Waals surface area contributed by atoms with E-state index < -0.39 is 0 Å². The number of nitrogens with one attached hydrogen (secondary N) is 1. The molecule has 1 aromatic heterocycles. The van der Waals surface area contributed by atoms with E-state index >= 15 is 0 Å². The van der Waals surface area contributed by atoms with Crippen molar-refractivity contribution in [3.05, 3.63) is 46.2 Å². The second-order valence-electron chi connectivity index (χ2n) is 6.25. The topological polar surface area (TPSA) is 50.8 Å². The van der Waals surface area contributed by atoms with E-state index in [2.05, 4.69) is 16.8 Å². The van der Waals surface area contributed by atoms with E-state index in [4.69, 9.17) is 9.47 Å². The van der Waals surface area contributed by atoms with Crippen molar-refractivity contribution >= 4 is 23.1 Å². The highest BCUT2D eigenvalue weighted by molar-refractivity contribution is 7.07. The molecule has 0 aliphatic carbocycles. The first kappa shape index (κ1) is 15.5. The summed E-state index contributed by atoms with van der Waals surface area (Å²) in [6, 6.07) is 7.80. The average molecular weight is 344 g/mol. The molecule has 1 fully saturated rings. The molecular weight excluding hydrogens is 324 g/mol. The van der Waals surface area contributed by atoms with Gasteiger partial charge in [-0.1, -0.05) is 0 Å². The lowest BCUT2D eigenvalue weighted by Gasteiger charge is -2.36. The predicted molar refractivity (Wildman–Crippen MR) is 93.8 cm³/mol. The van der Waals surface area contributed by atoms with Crippen LogP contribution in [0.3, 0.4) is 0 Å². The van der Waals surface area contributed by atoms with Crippen LogP contribution in [0.4, 0.5) is 10.5 Å². The summed E-state index contributed by atoms with van der Waals surface area (Å²) in [5, 5.41) is 7.13. The molecule has 2 amide bonds. The van der Waals surface area contributed by atoms with Crippen LogP contribution in [-0.2, 0) is 11.2 Å². The number of ether oxygens (including phenoxy) is 2. The zero-order valence-electron chi connectivity index (χ0n) is 13.5. The summed E-state index contributed by atoms with van der Waals surface area (Å²) in [7, 11) is 0. The largest absolute Gasteiger partial charge is 0.493 e. The molecule has 2 atom stereocenters. The Morgan fingerprint density at radius 1 is 1.33 bits per heavy atom. The third-order valence-corrected chi connectivity index (χ3v) is 5.10. The molecule has 0 saturated carbocycles. The van der Waals surface area contributed by atoms with E-state index in [9.17, 15) is 4.79 Å². The van der Waals surface area contributed by atoms with Crippen molar-refractivity contribution in [3.63, 3.8) is 0 Å².